The second-order valence-corrected chi connectivity index (χ2v) is 7.21. The van der Waals surface area contributed by atoms with Crippen LogP contribution >= 0.6 is 11.3 Å². The second-order valence-electron chi connectivity index (χ2n) is 6.21. The van der Waals surface area contributed by atoms with Crippen molar-refractivity contribution in [1.29, 1.82) is 0 Å². The van der Waals surface area contributed by atoms with Crippen LogP contribution in [0.2, 0.25) is 0 Å². The van der Waals surface area contributed by atoms with Crippen LogP contribution in [0, 0.1) is 12.7 Å². The summed E-state index contributed by atoms with van der Waals surface area (Å²) in [5.74, 6) is -0.496. The third kappa shape index (κ3) is 3.32. The lowest BCUT2D eigenvalue weighted by atomic mass is 10.2. The molecule has 0 atom stereocenters. The zero-order chi connectivity index (χ0) is 19.7. The normalized spacial score (nSPS) is 10.9. The van der Waals surface area contributed by atoms with Crippen molar-refractivity contribution in [1.82, 2.24) is 9.55 Å². The molecule has 2 aromatic heterocycles. The minimum Gasteiger partial charge on any atom is -0.422 e. The first-order valence-corrected chi connectivity index (χ1v) is 9.35. The van der Waals surface area contributed by atoms with Crippen molar-refractivity contribution in [2.24, 2.45) is 0 Å². The zero-order valence-corrected chi connectivity index (χ0v) is 15.7. The highest BCUT2D eigenvalue weighted by Gasteiger charge is 2.21. The van der Waals surface area contributed by atoms with E-state index in [1.54, 1.807) is 49.4 Å². The van der Waals surface area contributed by atoms with Gasteiger partial charge in [0.15, 0.2) is 0 Å². The molecular formula is C21H15FN2O3S. The molecule has 0 N–H and O–H groups in total. The summed E-state index contributed by atoms with van der Waals surface area (Å²) in [5.41, 5.74) is 0.587. The number of halogens is 1. The summed E-state index contributed by atoms with van der Waals surface area (Å²) in [6.07, 6.45) is 1.37. The summed E-state index contributed by atoms with van der Waals surface area (Å²) >= 11 is 1.11. The molecule has 4 rings (SSSR count). The highest BCUT2D eigenvalue weighted by Crippen LogP contribution is 2.28. The molecule has 140 valence electrons. The van der Waals surface area contributed by atoms with E-state index in [0.29, 0.717) is 32.0 Å². The molecule has 0 radical (unpaired) electrons. The predicted octanol–water partition coefficient (Wildman–Crippen LogP) is 4.17. The molecular weight excluding hydrogens is 379 g/mol. The highest BCUT2D eigenvalue weighted by molar-refractivity contribution is 7.20. The summed E-state index contributed by atoms with van der Waals surface area (Å²) in [5, 5.41) is 0.351. The minimum absolute atomic E-state index is 0.0630. The van der Waals surface area contributed by atoms with Gasteiger partial charge in [-0.3, -0.25) is 9.36 Å². The van der Waals surface area contributed by atoms with E-state index in [0.717, 1.165) is 11.3 Å². The lowest BCUT2D eigenvalue weighted by molar-refractivity contribution is 0.0739. The largest absolute Gasteiger partial charge is 0.422 e. The first-order chi connectivity index (χ1) is 13.5. The van der Waals surface area contributed by atoms with Gasteiger partial charge >= 0.3 is 5.97 Å². The number of para-hydroxylation sites is 1. The number of esters is 1. The maximum absolute atomic E-state index is 13.9. The molecule has 0 spiro atoms. The number of carbonyl (C=O) groups excluding carboxylic acids is 1. The van der Waals surface area contributed by atoms with Gasteiger partial charge in [0.1, 0.15) is 21.3 Å². The van der Waals surface area contributed by atoms with Crippen LogP contribution in [0.25, 0.3) is 10.2 Å². The Labute approximate surface area is 163 Å². The number of benzene rings is 2. The van der Waals surface area contributed by atoms with Gasteiger partial charge < -0.3 is 4.74 Å². The monoisotopic (exact) mass is 394 g/mol. The van der Waals surface area contributed by atoms with Crippen molar-refractivity contribution in [3.05, 3.63) is 93.1 Å². The molecule has 0 saturated carbocycles. The molecule has 2 aromatic carbocycles. The number of carbonyl (C=O) groups is 1. The number of thiophene rings is 1. The Bertz CT molecular complexity index is 1230. The Kier molecular flexibility index (Phi) is 4.75. The number of aryl methyl sites for hydroxylation is 1. The van der Waals surface area contributed by atoms with Crippen LogP contribution in [0.1, 0.15) is 20.8 Å². The van der Waals surface area contributed by atoms with Crippen LogP contribution in [-0.2, 0) is 6.54 Å². The van der Waals surface area contributed by atoms with E-state index in [4.69, 9.17) is 4.74 Å². The van der Waals surface area contributed by atoms with Gasteiger partial charge in [-0.1, -0.05) is 36.4 Å². The van der Waals surface area contributed by atoms with E-state index in [-0.39, 0.29) is 17.9 Å². The average molecular weight is 394 g/mol. The first kappa shape index (κ1) is 18.1. The fraction of sp³-hybridized carbons (Fsp3) is 0.0952. The van der Waals surface area contributed by atoms with Crippen molar-refractivity contribution < 1.29 is 13.9 Å². The molecule has 0 bridgehead atoms. The maximum Gasteiger partial charge on any atom is 0.354 e. The zero-order valence-electron chi connectivity index (χ0n) is 14.9. The summed E-state index contributed by atoms with van der Waals surface area (Å²) in [4.78, 5) is 30.5. The summed E-state index contributed by atoms with van der Waals surface area (Å²) in [7, 11) is 0. The number of nitrogens with zero attached hydrogens (tertiary/aromatic N) is 2. The van der Waals surface area contributed by atoms with Crippen molar-refractivity contribution in [3.63, 3.8) is 0 Å². The highest BCUT2D eigenvalue weighted by atomic mass is 32.1. The van der Waals surface area contributed by atoms with Crippen molar-refractivity contribution in [2.45, 2.75) is 13.5 Å². The predicted molar refractivity (Wildman–Crippen MR) is 106 cm³/mol. The van der Waals surface area contributed by atoms with E-state index in [1.165, 1.54) is 17.0 Å². The third-order valence-corrected chi connectivity index (χ3v) is 5.53. The summed E-state index contributed by atoms with van der Waals surface area (Å²) in [6, 6.07) is 15.0. The smallest absolute Gasteiger partial charge is 0.354 e. The Hall–Kier alpha value is -3.32. The van der Waals surface area contributed by atoms with Crippen LogP contribution < -0.4 is 10.3 Å². The Balaban J connectivity index is 1.71. The van der Waals surface area contributed by atoms with Crippen molar-refractivity contribution >= 4 is 27.5 Å². The molecule has 0 fully saturated rings. The summed E-state index contributed by atoms with van der Waals surface area (Å²) in [6.45, 7) is 1.75. The van der Waals surface area contributed by atoms with E-state index in [2.05, 4.69) is 4.98 Å². The molecule has 0 unspecified atom stereocenters. The molecule has 2 heterocycles. The van der Waals surface area contributed by atoms with Crippen LogP contribution in [-0.4, -0.2) is 15.5 Å². The molecule has 7 heteroatoms. The van der Waals surface area contributed by atoms with Crippen LogP contribution in [0.3, 0.4) is 0 Å². The topological polar surface area (TPSA) is 61.2 Å². The van der Waals surface area contributed by atoms with Gasteiger partial charge in [-0.2, -0.15) is 0 Å². The van der Waals surface area contributed by atoms with Crippen LogP contribution in [0.15, 0.2) is 65.7 Å². The Morgan fingerprint density at radius 3 is 2.61 bits per heavy atom. The third-order valence-electron chi connectivity index (χ3n) is 4.35. The number of ether oxygens (including phenoxy) is 1. The van der Waals surface area contributed by atoms with E-state index in [9.17, 15) is 14.0 Å². The van der Waals surface area contributed by atoms with Crippen LogP contribution in [0.4, 0.5) is 4.39 Å². The van der Waals surface area contributed by atoms with E-state index >= 15 is 0 Å². The molecule has 0 aliphatic rings. The van der Waals surface area contributed by atoms with Crippen molar-refractivity contribution in [2.75, 3.05) is 0 Å². The van der Waals surface area contributed by atoms with Gasteiger partial charge in [-0.25, -0.2) is 14.2 Å². The Morgan fingerprint density at radius 2 is 1.86 bits per heavy atom. The first-order valence-electron chi connectivity index (χ1n) is 8.54. The average Bonchev–Trinajstić information content (AvgIpc) is 3.04. The summed E-state index contributed by atoms with van der Waals surface area (Å²) < 4.78 is 20.6. The van der Waals surface area contributed by atoms with Gasteiger partial charge in [-0.05, 0) is 30.7 Å². The van der Waals surface area contributed by atoms with Crippen molar-refractivity contribution in [3.8, 4) is 5.75 Å². The fourth-order valence-corrected chi connectivity index (χ4v) is 3.93. The lowest BCUT2D eigenvalue weighted by Crippen LogP contribution is -2.21. The number of aromatic nitrogens is 2. The molecule has 28 heavy (non-hydrogen) atoms. The second kappa shape index (κ2) is 7.36. The Morgan fingerprint density at radius 1 is 1.14 bits per heavy atom. The van der Waals surface area contributed by atoms with Gasteiger partial charge in [-0.15, -0.1) is 11.3 Å². The van der Waals surface area contributed by atoms with Gasteiger partial charge in [0.25, 0.3) is 5.56 Å². The van der Waals surface area contributed by atoms with Gasteiger partial charge in [0, 0.05) is 5.56 Å². The molecule has 0 aliphatic heterocycles. The number of hydrogen-bond donors (Lipinski definition) is 0. The molecule has 0 amide bonds. The van der Waals surface area contributed by atoms with Gasteiger partial charge in [0.2, 0.25) is 0 Å². The standard InChI is InChI=1S/C21H15FN2O3S/c1-13-17-19(28-18(13)21(26)27-15-8-3-2-4-9-15)23-12-24(20(17)25)11-14-7-5-6-10-16(14)22/h2-10,12H,11H2,1H3. The minimum atomic E-state index is -0.535. The number of rotatable bonds is 4. The quantitative estimate of drug-likeness (QED) is 0.385. The molecule has 0 aliphatic carbocycles. The van der Waals surface area contributed by atoms with Crippen LogP contribution in [0.5, 0.6) is 5.75 Å². The maximum atomic E-state index is 13.9. The van der Waals surface area contributed by atoms with E-state index < -0.39 is 5.97 Å². The number of fused-ring (bicyclic) bond motifs is 1. The fourth-order valence-electron chi connectivity index (χ4n) is 2.92. The molecule has 0 saturated heterocycles. The SMILES string of the molecule is Cc1c(C(=O)Oc2ccccc2)sc2ncn(Cc3ccccc3F)c(=O)c12. The lowest BCUT2D eigenvalue weighted by Gasteiger charge is -2.06. The number of hydrogen-bond acceptors (Lipinski definition) is 5. The van der Waals surface area contributed by atoms with Gasteiger partial charge in [0.05, 0.1) is 18.3 Å². The van der Waals surface area contributed by atoms with E-state index in [1.807, 2.05) is 6.07 Å². The molecule has 4 aromatic rings. The molecule has 5 nitrogen and oxygen atoms in total.